The average Bonchev–Trinajstić information content (AvgIpc) is 2.74. The molecular weight excluding hydrogens is 334 g/mol. The molecule has 0 unspecified atom stereocenters. The Kier molecular flexibility index (Phi) is 3.35. The molecule has 0 heterocycles. The number of Topliss-reactive ketones (excluding diaryl/α,β-unsaturated/α-hetero) is 1. The van der Waals surface area contributed by atoms with E-state index in [1.807, 2.05) is 0 Å². The van der Waals surface area contributed by atoms with Gasteiger partial charge in [0.2, 0.25) is 5.78 Å². The summed E-state index contributed by atoms with van der Waals surface area (Å²) in [6.07, 6.45) is 0. The molecular formula is C16H10BrNO3. The molecule has 1 aliphatic rings. The maximum absolute atomic E-state index is 12.2. The van der Waals surface area contributed by atoms with Crippen molar-refractivity contribution in [2.24, 2.45) is 0 Å². The number of rotatable bonds is 2. The number of benzene rings is 2. The molecule has 104 valence electrons. The van der Waals surface area contributed by atoms with Crippen LogP contribution in [-0.2, 0) is 4.79 Å². The van der Waals surface area contributed by atoms with Gasteiger partial charge in [-0.1, -0.05) is 40.2 Å². The van der Waals surface area contributed by atoms with Crippen LogP contribution >= 0.6 is 15.9 Å². The van der Waals surface area contributed by atoms with Gasteiger partial charge in [0.15, 0.2) is 0 Å². The number of halogens is 1. The molecule has 0 aliphatic heterocycles. The van der Waals surface area contributed by atoms with Gasteiger partial charge >= 0.3 is 0 Å². The number of nitrogens with one attached hydrogen (secondary N) is 1. The van der Waals surface area contributed by atoms with Gasteiger partial charge in [-0.2, -0.15) is 0 Å². The van der Waals surface area contributed by atoms with Gasteiger partial charge in [0.05, 0.1) is 0 Å². The van der Waals surface area contributed by atoms with Crippen LogP contribution in [0, 0.1) is 0 Å². The summed E-state index contributed by atoms with van der Waals surface area (Å²) in [5, 5.41) is 12.7. The van der Waals surface area contributed by atoms with E-state index in [0.717, 1.165) is 4.47 Å². The second kappa shape index (κ2) is 5.18. The third-order valence-electron chi connectivity index (χ3n) is 3.22. The first kappa shape index (κ1) is 13.6. The highest BCUT2D eigenvalue weighted by Crippen LogP contribution is 2.31. The van der Waals surface area contributed by atoms with Crippen molar-refractivity contribution in [3.8, 4) is 0 Å². The third kappa shape index (κ3) is 2.36. The van der Waals surface area contributed by atoms with Gasteiger partial charge in [-0.3, -0.25) is 9.59 Å². The number of hydrogen-bond donors (Lipinski definition) is 2. The highest BCUT2D eigenvalue weighted by molar-refractivity contribution is 9.10. The number of amides is 1. The normalized spacial score (nSPS) is 13.3. The minimum Gasteiger partial charge on any atom is -0.506 e. The van der Waals surface area contributed by atoms with Crippen molar-refractivity contribution in [2.45, 2.75) is 0 Å². The molecule has 0 aromatic heterocycles. The van der Waals surface area contributed by atoms with E-state index in [1.165, 1.54) is 0 Å². The molecule has 0 saturated carbocycles. The monoisotopic (exact) mass is 343 g/mol. The first-order valence-corrected chi connectivity index (χ1v) is 7.01. The van der Waals surface area contributed by atoms with Crippen molar-refractivity contribution in [3.05, 3.63) is 69.7 Å². The van der Waals surface area contributed by atoms with E-state index in [9.17, 15) is 14.7 Å². The number of carbonyl (C=O) groups excluding carboxylic acids is 2. The van der Waals surface area contributed by atoms with Crippen molar-refractivity contribution in [1.29, 1.82) is 0 Å². The Labute approximate surface area is 129 Å². The Morgan fingerprint density at radius 3 is 2.24 bits per heavy atom. The minimum absolute atomic E-state index is 0.223. The predicted octanol–water partition coefficient (Wildman–Crippen LogP) is 3.55. The summed E-state index contributed by atoms with van der Waals surface area (Å²) in [4.78, 5) is 24.4. The SMILES string of the molecule is O=C(Nc1ccc(Br)cc1)C1=C(O)c2ccccc2C1=O. The second-order valence-corrected chi connectivity index (χ2v) is 5.48. The van der Waals surface area contributed by atoms with Crippen LogP contribution in [0.1, 0.15) is 15.9 Å². The van der Waals surface area contributed by atoms with Crippen LogP contribution in [0.5, 0.6) is 0 Å². The molecule has 0 radical (unpaired) electrons. The zero-order valence-electron chi connectivity index (χ0n) is 10.8. The lowest BCUT2D eigenvalue weighted by Crippen LogP contribution is -2.19. The highest BCUT2D eigenvalue weighted by Gasteiger charge is 2.33. The van der Waals surface area contributed by atoms with Gasteiger partial charge in [-0.05, 0) is 24.3 Å². The largest absolute Gasteiger partial charge is 0.506 e. The maximum Gasteiger partial charge on any atom is 0.263 e. The Morgan fingerprint density at radius 2 is 1.62 bits per heavy atom. The fraction of sp³-hybridized carbons (Fsp3) is 0. The molecule has 21 heavy (non-hydrogen) atoms. The fourth-order valence-electron chi connectivity index (χ4n) is 2.20. The molecule has 1 aliphatic carbocycles. The quantitative estimate of drug-likeness (QED) is 0.819. The van der Waals surface area contributed by atoms with Gasteiger partial charge in [-0.25, -0.2) is 0 Å². The molecule has 1 amide bonds. The molecule has 0 fully saturated rings. The van der Waals surface area contributed by atoms with E-state index in [2.05, 4.69) is 21.2 Å². The molecule has 0 bridgehead atoms. The highest BCUT2D eigenvalue weighted by atomic mass is 79.9. The Balaban J connectivity index is 1.91. The molecule has 5 heteroatoms. The van der Waals surface area contributed by atoms with E-state index in [4.69, 9.17) is 0 Å². The van der Waals surface area contributed by atoms with Crippen LogP contribution in [0.15, 0.2) is 58.6 Å². The summed E-state index contributed by atoms with van der Waals surface area (Å²) >= 11 is 3.30. The van der Waals surface area contributed by atoms with Crippen molar-refractivity contribution in [1.82, 2.24) is 0 Å². The third-order valence-corrected chi connectivity index (χ3v) is 3.75. The smallest absolute Gasteiger partial charge is 0.263 e. The van der Waals surface area contributed by atoms with Crippen LogP contribution in [0.3, 0.4) is 0 Å². The summed E-state index contributed by atoms with van der Waals surface area (Å²) in [6.45, 7) is 0. The zero-order chi connectivity index (χ0) is 15.0. The van der Waals surface area contributed by atoms with Gasteiger partial charge in [-0.15, -0.1) is 0 Å². The number of carbonyl (C=O) groups is 2. The van der Waals surface area contributed by atoms with Crippen LogP contribution < -0.4 is 5.32 Å². The van der Waals surface area contributed by atoms with Crippen LogP contribution in [-0.4, -0.2) is 16.8 Å². The number of hydrogen-bond acceptors (Lipinski definition) is 3. The summed E-state index contributed by atoms with van der Waals surface area (Å²) in [5.41, 5.74) is 1.06. The summed E-state index contributed by atoms with van der Waals surface area (Å²) in [6, 6.07) is 13.6. The van der Waals surface area contributed by atoms with Crippen LogP contribution in [0.25, 0.3) is 5.76 Å². The van der Waals surface area contributed by atoms with Crippen LogP contribution in [0.4, 0.5) is 5.69 Å². The Hall–Kier alpha value is -2.40. The molecule has 4 nitrogen and oxygen atoms in total. The maximum atomic E-state index is 12.2. The number of ketones is 1. The topological polar surface area (TPSA) is 66.4 Å². The number of aliphatic hydroxyl groups excluding tert-OH is 1. The lowest BCUT2D eigenvalue weighted by atomic mass is 10.1. The molecule has 2 aromatic rings. The molecule has 2 aromatic carbocycles. The van der Waals surface area contributed by atoms with Crippen molar-refractivity contribution in [2.75, 3.05) is 5.32 Å². The standard InChI is InChI=1S/C16H10BrNO3/c17-9-5-7-10(8-6-9)18-16(21)13-14(19)11-3-1-2-4-12(11)15(13)20/h1-8,19H,(H,18,21). The average molecular weight is 344 g/mol. The summed E-state index contributed by atoms with van der Waals surface area (Å²) < 4.78 is 0.881. The Bertz CT molecular complexity index is 778. The van der Waals surface area contributed by atoms with E-state index in [-0.39, 0.29) is 11.3 Å². The van der Waals surface area contributed by atoms with Gasteiger partial charge < -0.3 is 10.4 Å². The minimum atomic E-state index is -0.615. The molecule has 3 rings (SSSR count). The summed E-state index contributed by atoms with van der Waals surface area (Å²) in [5.74, 6) is -1.35. The van der Waals surface area contributed by atoms with E-state index >= 15 is 0 Å². The number of anilines is 1. The van der Waals surface area contributed by atoms with Gasteiger partial charge in [0, 0.05) is 21.3 Å². The Morgan fingerprint density at radius 1 is 1.00 bits per heavy atom. The predicted molar refractivity (Wildman–Crippen MR) is 83.1 cm³/mol. The van der Waals surface area contributed by atoms with Crippen LogP contribution in [0.2, 0.25) is 0 Å². The summed E-state index contributed by atoms with van der Waals surface area (Å²) in [7, 11) is 0. The molecule has 2 N–H and O–H groups in total. The molecule has 0 atom stereocenters. The van der Waals surface area contributed by atoms with Crippen molar-refractivity contribution in [3.63, 3.8) is 0 Å². The zero-order valence-corrected chi connectivity index (χ0v) is 12.3. The number of aliphatic hydroxyl groups is 1. The van der Waals surface area contributed by atoms with E-state index in [0.29, 0.717) is 16.8 Å². The van der Waals surface area contributed by atoms with Crippen molar-refractivity contribution >= 4 is 39.1 Å². The first-order valence-electron chi connectivity index (χ1n) is 6.22. The second-order valence-electron chi connectivity index (χ2n) is 4.56. The number of fused-ring (bicyclic) bond motifs is 1. The van der Waals surface area contributed by atoms with Crippen molar-refractivity contribution < 1.29 is 14.7 Å². The molecule has 0 spiro atoms. The fourth-order valence-corrected chi connectivity index (χ4v) is 2.47. The van der Waals surface area contributed by atoms with Gasteiger partial charge in [0.1, 0.15) is 11.3 Å². The lowest BCUT2D eigenvalue weighted by Gasteiger charge is -2.05. The lowest BCUT2D eigenvalue weighted by molar-refractivity contribution is -0.112. The molecule has 0 saturated heterocycles. The van der Waals surface area contributed by atoms with E-state index in [1.54, 1.807) is 48.5 Å². The van der Waals surface area contributed by atoms with Gasteiger partial charge in [0.25, 0.3) is 5.91 Å². The first-order chi connectivity index (χ1) is 10.1. The van der Waals surface area contributed by atoms with E-state index < -0.39 is 11.7 Å².